The molecule has 70 valence electrons. The molecule has 0 radical (unpaired) electrons. The maximum Gasteiger partial charge on any atom is 0.223 e. The smallest absolute Gasteiger partial charge is 0.223 e. The molecule has 2 saturated carbocycles. The second-order valence-electron chi connectivity index (χ2n) is 4.49. The van der Waals surface area contributed by atoms with Gasteiger partial charge in [0.25, 0.3) is 0 Å². The minimum atomic E-state index is -1.94. The van der Waals surface area contributed by atoms with Crippen molar-refractivity contribution < 1.29 is 10.2 Å². The summed E-state index contributed by atoms with van der Waals surface area (Å²) in [4.78, 5) is 0. The Hall–Kier alpha value is -0.120. The van der Waals surface area contributed by atoms with Crippen LogP contribution in [0.1, 0.15) is 26.2 Å². The van der Waals surface area contributed by atoms with E-state index in [0.29, 0.717) is 17.8 Å². The second kappa shape index (κ2) is 2.44. The van der Waals surface area contributed by atoms with Crippen LogP contribution in [0, 0.1) is 23.7 Å². The molecule has 0 spiro atoms. The maximum absolute atomic E-state index is 9.29. The Morgan fingerprint density at radius 1 is 1.33 bits per heavy atom. The summed E-state index contributed by atoms with van der Waals surface area (Å²) in [6, 6.07) is 0. The lowest BCUT2D eigenvalue weighted by atomic mass is 9.85. The van der Waals surface area contributed by atoms with Crippen LogP contribution in [-0.2, 0) is 0 Å². The van der Waals surface area contributed by atoms with Crippen molar-refractivity contribution >= 4 is 0 Å². The van der Waals surface area contributed by atoms with Gasteiger partial charge in [0, 0.05) is 5.92 Å². The maximum atomic E-state index is 9.29. The van der Waals surface area contributed by atoms with Crippen LogP contribution in [0.5, 0.6) is 0 Å². The van der Waals surface area contributed by atoms with Gasteiger partial charge in [0.15, 0.2) is 0 Å². The van der Waals surface area contributed by atoms with Crippen molar-refractivity contribution in [2.24, 2.45) is 29.4 Å². The summed E-state index contributed by atoms with van der Waals surface area (Å²) in [7, 11) is 0. The van der Waals surface area contributed by atoms with Crippen molar-refractivity contribution in [3.63, 3.8) is 0 Å². The van der Waals surface area contributed by atoms with Crippen LogP contribution in [0.3, 0.4) is 0 Å². The van der Waals surface area contributed by atoms with E-state index in [9.17, 15) is 10.2 Å². The van der Waals surface area contributed by atoms with Gasteiger partial charge >= 0.3 is 0 Å². The molecule has 3 unspecified atom stereocenters. The van der Waals surface area contributed by atoms with E-state index < -0.39 is 5.91 Å². The Morgan fingerprint density at radius 2 is 2.00 bits per heavy atom. The fraction of sp³-hybridized carbons (Fsp3) is 1.00. The number of hydrogen-bond donors (Lipinski definition) is 3. The van der Waals surface area contributed by atoms with E-state index in [4.69, 9.17) is 5.73 Å². The van der Waals surface area contributed by atoms with Gasteiger partial charge in [-0.3, -0.25) is 5.73 Å². The van der Waals surface area contributed by atoms with Gasteiger partial charge in [-0.15, -0.1) is 0 Å². The van der Waals surface area contributed by atoms with Crippen molar-refractivity contribution in [1.82, 2.24) is 0 Å². The molecule has 2 rings (SSSR count). The summed E-state index contributed by atoms with van der Waals surface area (Å²) in [5, 5.41) is 18.6. The Balaban J connectivity index is 2.14. The molecule has 0 aromatic carbocycles. The number of rotatable bonds is 1. The summed E-state index contributed by atoms with van der Waals surface area (Å²) in [5.74, 6) is -0.269. The summed E-state index contributed by atoms with van der Waals surface area (Å²) in [5.41, 5.74) is 5.30. The SMILES string of the molecule is C[C@H]1C2CCC1C(C(N)(O)O)C2. The van der Waals surface area contributed by atoms with Crippen molar-refractivity contribution in [3.8, 4) is 0 Å². The van der Waals surface area contributed by atoms with E-state index in [1.54, 1.807) is 0 Å². The first-order valence-electron chi connectivity index (χ1n) is 4.73. The summed E-state index contributed by atoms with van der Waals surface area (Å²) in [6.07, 6.45) is 3.27. The average Bonchev–Trinajstić information content (AvgIpc) is 2.45. The Morgan fingerprint density at radius 3 is 2.25 bits per heavy atom. The monoisotopic (exact) mass is 171 g/mol. The van der Waals surface area contributed by atoms with Gasteiger partial charge in [0.1, 0.15) is 0 Å². The predicted octanol–water partition coefficient (Wildman–Crippen LogP) is 0.266. The van der Waals surface area contributed by atoms with Gasteiger partial charge in [-0.1, -0.05) is 6.92 Å². The molecule has 0 saturated heterocycles. The summed E-state index contributed by atoms with van der Waals surface area (Å²) < 4.78 is 0. The fourth-order valence-electron chi connectivity index (χ4n) is 3.17. The van der Waals surface area contributed by atoms with Gasteiger partial charge in [0.2, 0.25) is 5.91 Å². The molecule has 12 heavy (non-hydrogen) atoms. The van der Waals surface area contributed by atoms with Gasteiger partial charge in [-0.2, -0.15) is 0 Å². The first-order valence-corrected chi connectivity index (χ1v) is 4.73. The third-order valence-electron chi connectivity index (χ3n) is 3.91. The molecular weight excluding hydrogens is 154 g/mol. The second-order valence-corrected chi connectivity index (χ2v) is 4.49. The molecule has 2 aliphatic carbocycles. The topological polar surface area (TPSA) is 66.5 Å². The Labute approximate surface area is 72.6 Å². The highest BCUT2D eigenvalue weighted by molar-refractivity contribution is 4.97. The number of aliphatic hydroxyl groups is 2. The molecule has 2 bridgehead atoms. The minimum Gasteiger partial charge on any atom is -0.353 e. The molecule has 4 N–H and O–H groups in total. The van der Waals surface area contributed by atoms with Gasteiger partial charge in [0.05, 0.1) is 0 Å². The zero-order valence-electron chi connectivity index (χ0n) is 7.40. The third kappa shape index (κ3) is 1.08. The quantitative estimate of drug-likeness (QED) is 0.496. The molecule has 0 aliphatic heterocycles. The zero-order chi connectivity index (χ0) is 8.93. The summed E-state index contributed by atoms with van der Waals surface area (Å²) >= 11 is 0. The van der Waals surface area contributed by atoms with E-state index in [0.717, 1.165) is 12.8 Å². The average molecular weight is 171 g/mol. The molecule has 3 nitrogen and oxygen atoms in total. The number of nitrogens with two attached hydrogens (primary N) is 1. The van der Waals surface area contributed by atoms with Crippen LogP contribution in [-0.4, -0.2) is 16.1 Å². The highest BCUT2D eigenvalue weighted by Gasteiger charge is 2.51. The standard InChI is InChI=1S/C9H17NO2/c1-5-6-2-3-7(5)8(4-6)9(10,11)12/h5-8,11-12H,2-4,10H2,1H3/t5-,6?,7?,8?/m0/s1. The van der Waals surface area contributed by atoms with Crippen LogP contribution >= 0.6 is 0 Å². The molecule has 2 aliphatic rings. The van der Waals surface area contributed by atoms with E-state index >= 15 is 0 Å². The van der Waals surface area contributed by atoms with Gasteiger partial charge in [-0.25, -0.2) is 0 Å². The first kappa shape index (κ1) is 8.48. The van der Waals surface area contributed by atoms with E-state index in [1.807, 2.05) is 0 Å². The van der Waals surface area contributed by atoms with Gasteiger partial charge < -0.3 is 10.2 Å². The lowest BCUT2D eigenvalue weighted by Gasteiger charge is -2.30. The van der Waals surface area contributed by atoms with Crippen molar-refractivity contribution in [2.45, 2.75) is 32.1 Å². The van der Waals surface area contributed by atoms with Crippen LogP contribution in [0.25, 0.3) is 0 Å². The molecule has 0 aromatic heterocycles. The Kier molecular flexibility index (Phi) is 1.72. The van der Waals surface area contributed by atoms with Crippen LogP contribution in [0.2, 0.25) is 0 Å². The largest absolute Gasteiger partial charge is 0.353 e. The van der Waals surface area contributed by atoms with Crippen LogP contribution in [0.4, 0.5) is 0 Å². The normalized spacial score (nSPS) is 47.0. The van der Waals surface area contributed by atoms with Gasteiger partial charge in [-0.05, 0) is 37.0 Å². The highest BCUT2D eigenvalue weighted by Crippen LogP contribution is 2.54. The molecule has 0 heterocycles. The predicted molar refractivity (Wildman–Crippen MR) is 44.8 cm³/mol. The highest BCUT2D eigenvalue weighted by atomic mass is 16.5. The number of hydrogen-bond acceptors (Lipinski definition) is 3. The third-order valence-corrected chi connectivity index (χ3v) is 3.91. The summed E-state index contributed by atoms with van der Waals surface area (Å²) in [6.45, 7) is 2.20. The van der Waals surface area contributed by atoms with Crippen LogP contribution < -0.4 is 5.73 Å². The minimum absolute atomic E-state index is 0.0914. The number of fused-ring (bicyclic) bond motifs is 2. The molecular formula is C9H17NO2. The molecule has 4 atom stereocenters. The molecule has 3 heteroatoms. The first-order chi connectivity index (χ1) is 5.50. The zero-order valence-corrected chi connectivity index (χ0v) is 7.40. The van der Waals surface area contributed by atoms with Crippen LogP contribution in [0.15, 0.2) is 0 Å². The lowest BCUT2D eigenvalue weighted by Crippen LogP contribution is -2.49. The van der Waals surface area contributed by atoms with E-state index in [1.165, 1.54) is 6.42 Å². The fourth-order valence-corrected chi connectivity index (χ4v) is 3.17. The molecule has 0 aromatic rings. The Bertz CT molecular complexity index is 187. The van der Waals surface area contributed by atoms with Crippen molar-refractivity contribution in [3.05, 3.63) is 0 Å². The van der Waals surface area contributed by atoms with Crippen molar-refractivity contribution in [1.29, 1.82) is 0 Å². The lowest BCUT2D eigenvalue weighted by molar-refractivity contribution is -0.207. The van der Waals surface area contributed by atoms with Crippen molar-refractivity contribution in [2.75, 3.05) is 0 Å². The molecule has 0 amide bonds. The van der Waals surface area contributed by atoms with E-state index in [2.05, 4.69) is 6.92 Å². The molecule has 2 fully saturated rings. The van der Waals surface area contributed by atoms with E-state index in [-0.39, 0.29) is 5.92 Å².